The number of hydrogen-bond donors (Lipinski definition) is 1. The molecule has 0 radical (unpaired) electrons. The average molecular weight is 335 g/mol. The van der Waals surface area contributed by atoms with E-state index in [0.29, 0.717) is 17.3 Å². The first kappa shape index (κ1) is 16.9. The Hall–Kier alpha value is -2.95. The van der Waals surface area contributed by atoms with Crippen LogP contribution in [0.3, 0.4) is 0 Å². The van der Waals surface area contributed by atoms with Crippen LogP contribution in [0.4, 0.5) is 11.5 Å². The number of carbonyl (C=O) groups excluding carboxylic acids is 1. The Morgan fingerprint density at radius 2 is 1.80 bits per heavy atom. The summed E-state index contributed by atoms with van der Waals surface area (Å²) in [6.07, 6.45) is 0. The maximum atomic E-state index is 12.0. The van der Waals surface area contributed by atoms with Gasteiger partial charge < -0.3 is 10.1 Å². The minimum Gasteiger partial charge on any atom is -0.460 e. The summed E-state index contributed by atoms with van der Waals surface area (Å²) in [5.41, 5.74) is 2.87. The Balaban J connectivity index is 2.00. The summed E-state index contributed by atoms with van der Waals surface area (Å²) in [7, 11) is 0. The minimum absolute atomic E-state index is 0.0573. The average Bonchev–Trinajstić information content (AvgIpc) is 2.62. The molecule has 0 fully saturated rings. The molecular formula is C20H21N3O2. The van der Waals surface area contributed by atoms with Gasteiger partial charge in [-0.2, -0.15) is 0 Å². The zero-order chi connectivity index (χ0) is 17.8. The predicted molar refractivity (Wildman–Crippen MR) is 99.3 cm³/mol. The predicted octanol–water partition coefficient (Wildman–Crippen LogP) is 4.67. The number of para-hydroxylation sites is 1. The monoisotopic (exact) mass is 335 g/mol. The standard InChI is InChI=1S/C20H21N3O2/c1-4-25-20(24)19-22-17-8-6-5-7-16(17)18(23-19)21-15-11-9-14(10-12-15)13(2)3/h5-13H,4H2,1-3H3,(H,21,22,23). The molecule has 25 heavy (non-hydrogen) atoms. The number of aromatic nitrogens is 2. The highest BCUT2D eigenvalue weighted by atomic mass is 16.5. The van der Waals surface area contributed by atoms with Crippen LogP contribution in [-0.4, -0.2) is 22.5 Å². The lowest BCUT2D eigenvalue weighted by Gasteiger charge is -2.12. The normalized spacial score (nSPS) is 10.9. The van der Waals surface area contributed by atoms with E-state index in [2.05, 4.69) is 41.3 Å². The number of carbonyl (C=O) groups is 1. The molecule has 5 heteroatoms. The maximum absolute atomic E-state index is 12.0. The SMILES string of the molecule is CCOC(=O)c1nc(Nc2ccc(C(C)C)cc2)c2ccccc2n1. The fourth-order valence-corrected chi connectivity index (χ4v) is 2.55. The van der Waals surface area contributed by atoms with Gasteiger partial charge in [0.05, 0.1) is 12.1 Å². The van der Waals surface area contributed by atoms with Crippen LogP contribution in [0, 0.1) is 0 Å². The second kappa shape index (κ2) is 7.30. The van der Waals surface area contributed by atoms with Crippen LogP contribution in [0.1, 0.15) is 42.9 Å². The van der Waals surface area contributed by atoms with Gasteiger partial charge in [-0.05, 0) is 42.7 Å². The van der Waals surface area contributed by atoms with Crippen molar-refractivity contribution < 1.29 is 9.53 Å². The fraction of sp³-hybridized carbons (Fsp3) is 0.250. The third-order valence-corrected chi connectivity index (χ3v) is 3.90. The van der Waals surface area contributed by atoms with Crippen LogP contribution >= 0.6 is 0 Å². The van der Waals surface area contributed by atoms with Crippen LogP contribution in [0.2, 0.25) is 0 Å². The molecular weight excluding hydrogens is 314 g/mol. The van der Waals surface area contributed by atoms with Gasteiger partial charge in [0.2, 0.25) is 5.82 Å². The second-order valence-electron chi connectivity index (χ2n) is 6.04. The van der Waals surface area contributed by atoms with Gasteiger partial charge in [-0.3, -0.25) is 0 Å². The zero-order valence-electron chi connectivity index (χ0n) is 14.6. The summed E-state index contributed by atoms with van der Waals surface area (Å²) in [6.45, 7) is 6.36. The number of esters is 1. The molecule has 5 nitrogen and oxygen atoms in total. The Morgan fingerprint density at radius 3 is 2.48 bits per heavy atom. The molecule has 0 aliphatic heterocycles. The van der Waals surface area contributed by atoms with Crippen molar-refractivity contribution in [3.05, 3.63) is 59.9 Å². The molecule has 3 aromatic rings. The minimum atomic E-state index is -0.522. The fourth-order valence-electron chi connectivity index (χ4n) is 2.55. The van der Waals surface area contributed by atoms with Gasteiger partial charge >= 0.3 is 5.97 Å². The van der Waals surface area contributed by atoms with Crippen LogP contribution in [0.5, 0.6) is 0 Å². The lowest BCUT2D eigenvalue weighted by Crippen LogP contribution is -2.11. The Bertz CT molecular complexity index is 889. The van der Waals surface area contributed by atoms with Gasteiger partial charge in [0.1, 0.15) is 5.82 Å². The van der Waals surface area contributed by atoms with E-state index in [1.165, 1.54) is 5.56 Å². The van der Waals surface area contributed by atoms with Crippen molar-refractivity contribution >= 4 is 28.4 Å². The lowest BCUT2D eigenvalue weighted by molar-refractivity contribution is 0.0512. The summed E-state index contributed by atoms with van der Waals surface area (Å²) >= 11 is 0. The van der Waals surface area contributed by atoms with Crippen LogP contribution in [0.15, 0.2) is 48.5 Å². The molecule has 3 rings (SSSR count). The van der Waals surface area contributed by atoms with Crippen molar-refractivity contribution in [1.29, 1.82) is 0 Å². The van der Waals surface area contributed by atoms with Gasteiger partial charge in [-0.1, -0.05) is 38.1 Å². The summed E-state index contributed by atoms with van der Waals surface area (Å²) < 4.78 is 5.03. The first-order chi connectivity index (χ1) is 12.1. The van der Waals surface area contributed by atoms with E-state index in [4.69, 9.17) is 4.74 Å². The second-order valence-corrected chi connectivity index (χ2v) is 6.04. The van der Waals surface area contributed by atoms with Crippen molar-refractivity contribution in [3.63, 3.8) is 0 Å². The van der Waals surface area contributed by atoms with E-state index >= 15 is 0 Å². The first-order valence-electron chi connectivity index (χ1n) is 8.39. The maximum Gasteiger partial charge on any atom is 0.376 e. The molecule has 0 atom stereocenters. The van der Waals surface area contributed by atoms with Crippen LogP contribution < -0.4 is 5.32 Å². The number of ether oxygens (including phenoxy) is 1. The number of nitrogens with one attached hydrogen (secondary N) is 1. The van der Waals surface area contributed by atoms with Crippen molar-refractivity contribution in [1.82, 2.24) is 9.97 Å². The Morgan fingerprint density at radius 1 is 1.08 bits per heavy atom. The molecule has 1 N–H and O–H groups in total. The largest absolute Gasteiger partial charge is 0.460 e. The van der Waals surface area contributed by atoms with Crippen molar-refractivity contribution in [2.24, 2.45) is 0 Å². The lowest BCUT2D eigenvalue weighted by atomic mass is 10.0. The smallest absolute Gasteiger partial charge is 0.376 e. The molecule has 0 aliphatic carbocycles. The van der Waals surface area contributed by atoms with E-state index in [1.807, 2.05) is 36.4 Å². The molecule has 0 aliphatic rings. The van der Waals surface area contributed by atoms with Crippen molar-refractivity contribution in [3.8, 4) is 0 Å². The van der Waals surface area contributed by atoms with Gasteiger partial charge in [-0.15, -0.1) is 0 Å². The molecule has 1 aromatic heterocycles. The van der Waals surface area contributed by atoms with E-state index < -0.39 is 5.97 Å². The van der Waals surface area contributed by atoms with Crippen molar-refractivity contribution in [2.45, 2.75) is 26.7 Å². The quantitative estimate of drug-likeness (QED) is 0.686. The number of benzene rings is 2. The van der Waals surface area contributed by atoms with Gasteiger partial charge in [0.25, 0.3) is 0 Å². The Labute approximate surface area is 147 Å². The van der Waals surface area contributed by atoms with Crippen LogP contribution in [-0.2, 0) is 4.74 Å². The molecule has 0 unspecified atom stereocenters. The molecule has 1 heterocycles. The number of hydrogen-bond acceptors (Lipinski definition) is 5. The summed E-state index contributed by atoms with van der Waals surface area (Å²) in [5, 5.41) is 4.14. The number of rotatable bonds is 5. The van der Waals surface area contributed by atoms with Crippen LogP contribution in [0.25, 0.3) is 10.9 Å². The summed E-state index contributed by atoms with van der Waals surface area (Å²) in [6, 6.07) is 15.8. The molecule has 0 spiro atoms. The highest BCUT2D eigenvalue weighted by Crippen LogP contribution is 2.25. The third-order valence-electron chi connectivity index (χ3n) is 3.90. The molecule has 0 saturated heterocycles. The molecule has 128 valence electrons. The number of nitrogens with zero attached hydrogens (tertiary/aromatic N) is 2. The number of fused-ring (bicyclic) bond motifs is 1. The van der Waals surface area contributed by atoms with Crippen molar-refractivity contribution in [2.75, 3.05) is 11.9 Å². The summed E-state index contributed by atoms with van der Waals surface area (Å²) in [5.74, 6) is 0.601. The van der Waals surface area contributed by atoms with Gasteiger partial charge in [-0.25, -0.2) is 14.8 Å². The highest BCUT2D eigenvalue weighted by molar-refractivity contribution is 5.95. The molecule has 0 amide bonds. The van der Waals surface area contributed by atoms with Gasteiger partial charge in [0, 0.05) is 11.1 Å². The summed E-state index contributed by atoms with van der Waals surface area (Å²) in [4.78, 5) is 20.7. The first-order valence-corrected chi connectivity index (χ1v) is 8.39. The van der Waals surface area contributed by atoms with E-state index in [9.17, 15) is 4.79 Å². The van der Waals surface area contributed by atoms with E-state index in [0.717, 1.165) is 11.1 Å². The van der Waals surface area contributed by atoms with E-state index in [-0.39, 0.29) is 12.4 Å². The molecule has 2 aromatic carbocycles. The highest BCUT2D eigenvalue weighted by Gasteiger charge is 2.15. The van der Waals surface area contributed by atoms with E-state index in [1.54, 1.807) is 6.92 Å². The zero-order valence-corrected chi connectivity index (χ0v) is 14.6. The number of anilines is 2. The molecule has 0 bridgehead atoms. The topological polar surface area (TPSA) is 64.1 Å². The Kier molecular flexibility index (Phi) is 4.93. The molecule has 0 saturated carbocycles. The third kappa shape index (κ3) is 3.76. The van der Waals surface area contributed by atoms with Gasteiger partial charge in [0.15, 0.2) is 0 Å².